The fourth-order valence-corrected chi connectivity index (χ4v) is 8.68. The lowest BCUT2D eigenvalue weighted by atomic mass is 9.98. The molecule has 13 heteroatoms. The Balaban J connectivity index is 0.905. The highest BCUT2D eigenvalue weighted by Gasteiger charge is 2.39. The Bertz CT molecular complexity index is 2290. The molecule has 5 aromatic rings. The third kappa shape index (κ3) is 6.45. The number of benzene rings is 2. The number of hydrogen-bond acceptors (Lipinski definition) is 8. The van der Waals surface area contributed by atoms with Gasteiger partial charge in [0, 0.05) is 41.0 Å². The van der Waals surface area contributed by atoms with Crippen LogP contribution in [0.5, 0.6) is 0 Å². The normalized spacial score (nSPS) is 17.8. The molecule has 3 aromatic heterocycles. The highest BCUT2D eigenvalue weighted by atomic mass is 35.5. The van der Waals surface area contributed by atoms with E-state index in [1.165, 1.54) is 0 Å². The van der Waals surface area contributed by atoms with Gasteiger partial charge in [-0.1, -0.05) is 54.1 Å². The maximum absolute atomic E-state index is 13.2. The van der Waals surface area contributed by atoms with Gasteiger partial charge in [0.2, 0.25) is 5.91 Å². The largest absolute Gasteiger partial charge is 0.374 e. The van der Waals surface area contributed by atoms with E-state index < -0.39 is 12.3 Å². The van der Waals surface area contributed by atoms with Crippen molar-refractivity contribution >= 4 is 40.5 Å². The average Bonchev–Trinajstić information content (AvgIpc) is 3.88. The molecule has 11 nitrogen and oxygen atoms in total. The number of hydrogen-bond donors (Lipinski definition) is 2. The summed E-state index contributed by atoms with van der Waals surface area (Å²) in [5, 5.41) is 27.3. The number of thiophene rings is 1. The van der Waals surface area contributed by atoms with Gasteiger partial charge in [-0.2, -0.15) is 5.10 Å². The first-order valence-electron chi connectivity index (χ1n) is 17.5. The van der Waals surface area contributed by atoms with E-state index in [1.54, 1.807) is 16.2 Å². The van der Waals surface area contributed by atoms with Gasteiger partial charge in [-0.15, -0.1) is 21.5 Å². The molecular weight excluding hydrogens is 696 g/mol. The van der Waals surface area contributed by atoms with E-state index in [4.69, 9.17) is 16.6 Å². The van der Waals surface area contributed by atoms with Crippen LogP contribution in [0.3, 0.4) is 0 Å². The van der Waals surface area contributed by atoms with Crippen LogP contribution in [-0.4, -0.2) is 64.3 Å². The number of unbranched alkanes of at least 4 members (excludes halogenated alkanes) is 2. The van der Waals surface area contributed by atoms with Gasteiger partial charge in [0.05, 0.1) is 22.3 Å². The molecule has 0 radical (unpaired) electrons. The zero-order chi connectivity index (χ0) is 35.9. The molecule has 3 aliphatic rings. The lowest BCUT2D eigenvalue weighted by Crippen LogP contribution is -2.54. The van der Waals surface area contributed by atoms with E-state index in [2.05, 4.69) is 50.0 Å². The molecule has 2 unspecified atom stereocenters. The van der Waals surface area contributed by atoms with Crippen molar-refractivity contribution in [2.24, 2.45) is 4.99 Å². The maximum Gasteiger partial charge on any atom is 0.255 e. The Hall–Kier alpha value is -5.09. The highest BCUT2D eigenvalue weighted by molar-refractivity contribution is 7.15. The van der Waals surface area contributed by atoms with Gasteiger partial charge in [0.15, 0.2) is 5.82 Å². The van der Waals surface area contributed by atoms with Crippen molar-refractivity contribution in [2.45, 2.75) is 84.3 Å². The van der Waals surface area contributed by atoms with E-state index in [9.17, 15) is 14.7 Å². The lowest BCUT2D eigenvalue weighted by Gasteiger charge is -2.32. The summed E-state index contributed by atoms with van der Waals surface area (Å²) in [5.74, 6) is 7.97. The molecule has 264 valence electrons. The Morgan fingerprint density at radius 2 is 1.88 bits per heavy atom. The second kappa shape index (κ2) is 14.1. The number of carbonyl (C=O) groups is 2. The number of aryl methyl sites for hydroxylation is 3. The summed E-state index contributed by atoms with van der Waals surface area (Å²) in [6.45, 7) is 5.70. The number of aliphatic imine (C=N–C) groups is 1. The number of fused-ring (bicyclic) bond motifs is 4. The third-order valence-electron chi connectivity index (χ3n) is 10.0. The van der Waals surface area contributed by atoms with Crippen LogP contribution in [0.1, 0.15) is 92.4 Å². The zero-order valence-electron chi connectivity index (χ0n) is 28.9. The number of rotatable bonds is 8. The summed E-state index contributed by atoms with van der Waals surface area (Å²) < 4.78 is 4.04. The third-order valence-corrected chi connectivity index (χ3v) is 11.5. The summed E-state index contributed by atoms with van der Waals surface area (Å²) in [7, 11) is 0. The summed E-state index contributed by atoms with van der Waals surface area (Å²) in [5.41, 5.74) is 7.70. The Kier molecular flexibility index (Phi) is 9.25. The number of nitrogens with one attached hydrogen (secondary N) is 1. The summed E-state index contributed by atoms with van der Waals surface area (Å²) >= 11 is 7.83. The van der Waals surface area contributed by atoms with Crippen molar-refractivity contribution in [3.05, 3.63) is 115 Å². The van der Waals surface area contributed by atoms with E-state index in [1.807, 2.05) is 60.4 Å². The SMILES string of the molecule is Cc1c(C#Cc2cnn(CCCCCc3cccc4c3CN(C3CCC(O)NC3=O)C4=O)c2)sc2c1C(c1ccc(Cl)cc1)=NCc1nnc(C)n1-2. The Labute approximate surface area is 310 Å². The second-order valence-electron chi connectivity index (χ2n) is 13.5. The average molecular weight is 733 g/mol. The number of nitrogens with zero attached hydrogens (tertiary/aromatic N) is 7. The second-order valence-corrected chi connectivity index (χ2v) is 14.9. The summed E-state index contributed by atoms with van der Waals surface area (Å²) in [6, 6.07) is 13.1. The van der Waals surface area contributed by atoms with Gasteiger partial charge in [-0.25, -0.2) is 0 Å². The minimum Gasteiger partial charge on any atom is -0.374 e. The number of piperidine rings is 1. The van der Waals surface area contributed by atoms with Crippen LogP contribution < -0.4 is 5.32 Å². The first-order valence-corrected chi connectivity index (χ1v) is 18.7. The van der Waals surface area contributed by atoms with Crippen LogP contribution in [0.25, 0.3) is 5.00 Å². The van der Waals surface area contributed by atoms with E-state index in [0.717, 1.165) is 92.8 Å². The van der Waals surface area contributed by atoms with Gasteiger partial charge in [0.1, 0.15) is 29.6 Å². The zero-order valence-corrected chi connectivity index (χ0v) is 30.5. The number of aliphatic hydroxyl groups excluding tert-OH is 1. The van der Waals surface area contributed by atoms with Crippen molar-refractivity contribution in [1.29, 1.82) is 0 Å². The minimum atomic E-state index is -0.840. The number of aliphatic hydroxyl groups is 1. The van der Waals surface area contributed by atoms with Crippen LogP contribution in [-0.2, 0) is 30.8 Å². The number of amides is 2. The topological polar surface area (TPSA) is 131 Å². The number of aromatic nitrogens is 5. The molecule has 0 spiro atoms. The van der Waals surface area contributed by atoms with E-state index >= 15 is 0 Å². The summed E-state index contributed by atoms with van der Waals surface area (Å²) in [6.07, 6.45) is 7.68. The van der Waals surface area contributed by atoms with Crippen molar-refractivity contribution in [3.63, 3.8) is 0 Å². The fraction of sp³-hybridized carbons (Fsp3) is 0.333. The van der Waals surface area contributed by atoms with E-state index in [0.29, 0.717) is 36.5 Å². The van der Waals surface area contributed by atoms with Crippen LogP contribution in [0.15, 0.2) is 59.9 Å². The molecule has 2 amide bonds. The van der Waals surface area contributed by atoms with Crippen molar-refractivity contribution in [2.75, 3.05) is 0 Å². The lowest BCUT2D eigenvalue weighted by molar-refractivity contribution is -0.132. The predicted molar refractivity (Wildman–Crippen MR) is 199 cm³/mol. The van der Waals surface area contributed by atoms with E-state index in [-0.39, 0.29) is 11.8 Å². The molecule has 2 atom stereocenters. The first-order chi connectivity index (χ1) is 25.2. The molecule has 2 N–H and O–H groups in total. The quantitative estimate of drug-likeness (QED) is 0.160. The number of carbonyl (C=O) groups excluding carboxylic acids is 2. The molecule has 8 rings (SSSR count). The van der Waals surface area contributed by atoms with Gasteiger partial charge >= 0.3 is 0 Å². The van der Waals surface area contributed by atoms with Crippen LogP contribution in [0.2, 0.25) is 5.02 Å². The van der Waals surface area contributed by atoms with Crippen LogP contribution in [0, 0.1) is 25.7 Å². The van der Waals surface area contributed by atoms with Gasteiger partial charge in [0.25, 0.3) is 5.91 Å². The fourth-order valence-electron chi connectivity index (χ4n) is 7.33. The van der Waals surface area contributed by atoms with Crippen LogP contribution >= 0.6 is 22.9 Å². The molecule has 52 heavy (non-hydrogen) atoms. The molecule has 0 aliphatic carbocycles. The number of halogens is 1. The molecule has 0 saturated carbocycles. The summed E-state index contributed by atoms with van der Waals surface area (Å²) in [4.78, 5) is 33.3. The molecule has 2 aromatic carbocycles. The van der Waals surface area contributed by atoms with Crippen molar-refractivity contribution in [1.82, 2.24) is 34.8 Å². The first kappa shape index (κ1) is 34.0. The molecular formula is C39H37ClN8O3S. The molecule has 3 aliphatic heterocycles. The molecule has 0 bridgehead atoms. The standard InChI is InChI=1S/C39H37ClN8O3S/c1-23-32(52-39-35(23)36(27-11-13-28(40)14-12-27)41-20-33-45-44-24(2)48(33)39)16-10-25-19-42-46(21-25)18-5-3-4-7-26-8-6-9-29-30(26)22-47(38(29)51)31-15-17-34(49)43-37(31)50/h6,8-9,11-14,19,21,31,34,49H,3-5,7,15,17-18,20,22H2,1-2H3,(H,43,50). The smallest absolute Gasteiger partial charge is 0.255 e. The molecule has 1 saturated heterocycles. The van der Waals surface area contributed by atoms with Gasteiger partial charge < -0.3 is 15.3 Å². The maximum atomic E-state index is 13.2. The van der Waals surface area contributed by atoms with Gasteiger partial charge in [-0.05, 0) is 80.8 Å². The Morgan fingerprint density at radius 1 is 1.04 bits per heavy atom. The highest BCUT2D eigenvalue weighted by Crippen LogP contribution is 2.37. The Morgan fingerprint density at radius 3 is 2.71 bits per heavy atom. The van der Waals surface area contributed by atoms with Crippen LogP contribution in [0.4, 0.5) is 0 Å². The van der Waals surface area contributed by atoms with Crippen molar-refractivity contribution < 1.29 is 14.7 Å². The molecule has 1 fully saturated rings. The minimum absolute atomic E-state index is 0.105. The van der Waals surface area contributed by atoms with Crippen molar-refractivity contribution in [3.8, 4) is 16.8 Å². The van der Waals surface area contributed by atoms with Gasteiger partial charge in [-0.3, -0.25) is 23.8 Å². The monoisotopic (exact) mass is 732 g/mol. The predicted octanol–water partition coefficient (Wildman–Crippen LogP) is 5.51. The molecule has 6 heterocycles.